The summed E-state index contributed by atoms with van der Waals surface area (Å²) in [5.41, 5.74) is 0.178. The lowest BCUT2D eigenvalue weighted by Gasteiger charge is -2.40. The molecule has 1 aromatic carbocycles. The molecule has 1 aliphatic heterocycles. The zero-order valence-corrected chi connectivity index (χ0v) is 10.3. The Morgan fingerprint density at radius 3 is 2.32 bits per heavy atom. The first-order valence-corrected chi connectivity index (χ1v) is 6.34. The molecule has 4 nitrogen and oxygen atoms in total. The maximum atomic E-state index is 12.9. The number of amides is 1. The van der Waals surface area contributed by atoms with Gasteiger partial charge in [0.05, 0.1) is 5.41 Å². The van der Waals surface area contributed by atoms with Crippen LogP contribution in [0, 0.1) is 5.82 Å². The van der Waals surface area contributed by atoms with E-state index in [2.05, 4.69) is 0 Å². The summed E-state index contributed by atoms with van der Waals surface area (Å²) in [5, 5.41) is 9.00. The number of hydrogen-bond acceptors (Lipinski definition) is 2. The molecule has 0 spiro atoms. The Morgan fingerprint density at radius 2 is 1.89 bits per heavy atom. The molecule has 1 aromatic rings. The van der Waals surface area contributed by atoms with Crippen molar-refractivity contribution in [3.05, 3.63) is 35.6 Å². The van der Waals surface area contributed by atoms with Crippen LogP contribution < -0.4 is 0 Å². The predicted molar refractivity (Wildman–Crippen MR) is 65.1 cm³/mol. The van der Waals surface area contributed by atoms with E-state index < -0.39 is 17.4 Å². The average molecular weight is 263 g/mol. The molecule has 2 fully saturated rings. The van der Waals surface area contributed by atoms with Gasteiger partial charge in [-0.05, 0) is 37.0 Å². The summed E-state index contributed by atoms with van der Waals surface area (Å²) in [5.74, 6) is -1.41. The summed E-state index contributed by atoms with van der Waals surface area (Å²) in [6, 6.07) is 5.23. The molecular formula is C14H14FNO3. The lowest BCUT2D eigenvalue weighted by molar-refractivity contribution is -0.158. The van der Waals surface area contributed by atoms with E-state index in [0.717, 1.165) is 5.56 Å². The molecule has 1 atom stereocenters. The number of likely N-dealkylation sites (tertiary alicyclic amines) is 1. The second-order valence-corrected chi connectivity index (χ2v) is 5.23. The van der Waals surface area contributed by atoms with Crippen LogP contribution in [0.3, 0.4) is 0 Å². The van der Waals surface area contributed by atoms with Gasteiger partial charge in [-0.2, -0.15) is 0 Å². The van der Waals surface area contributed by atoms with Crippen LogP contribution in [0.2, 0.25) is 0 Å². The van der Waals surface area contributed by atoms with Gasteiger partial charge in [0, 0.05) is 6.54 Å². The number of carbonyl (C=O) groups is 2. The minimum absolute atomic E-state index is 0.127. The van der Waals surface area contributed by atoms with Crippen molar-refractivity contribution >= 4 is 11.9 Å². The monoisotopic (exact) mass is 263 g/mol. The molecule has 1 heterocycles. The highest BCUT2D eigenvalue weighted by Crippen LogP contribution is 2.50. The summed E-state index contributed by atoms with van der Waals surface area (Å²) in [7, 11) is 0. The standard InChI is InChI=1S/C14H14FNO3/c15-10-3-1-9(2-4-10)14(6-7-14)13(19)16-8-5-11(16)12(17)18/h1-4,11H,5-8H2,(H,17,18). The van der Waals surface area contributed by atoms with E-state index in [1.807, 2.05) is 0 Å². The number of hydrogen-bond donors (Lipinski definition) is 1. The van der Waals surface area contributed by atoms with Crippen LogP contribution in [-0.2, 0) is 15.0 Å². The zero-order chi connectivity index (χ0) is 13.6. The van der Waals surface area contributed by atoms with Crippen molar-refractivity contribution in [1.82, 2.24) is 4.90 Å². The van der Waals surface area contributed by atoms with E-state index in [0.29, 0.717) is 25.8 Å². The Balaban J connectivity index is 1.83. The number of carboxylic acid groups (broad SMARTS) is 1. The van der Waals surface area contributed by atoms with Crippen molar-refractivity contribution in [2.24, 2.45) is 0 Å². The molecule has 1 saturated carbocycles. The molecule has 1 unspecified atom stereocenters. The predicted octanol–water partition coefficient (Wildman–Crippen LogP) is 1.54. The third kappa shape index (κ3) is 1.80. The molecule has 1 aliphatic carbocycles. The Bertz CT molecular complexity index is 536. The summed E-state index contributed by atoms with van der Waals surface area (Å²) in [4.78, 5) is 24.9. The van der Waals surface area contributed by atoms with Crippen LogP contribution in [0.25, 0.3) is 0 Å². The molecule has 0 radical (unpaired) electrons. The molecule has 3 rings (SSSR count). The van der Waals surface area contributed by atoms with Gasteiger partial charge in [0.1, 0.15) is 11.9 Å². The topological polar surface area (TPSA) is 57.6 Å². The zero-order valence-electron chi connectivity index (χ0n) is 10.3. The number of benzene rings is 1. The lowest BCUT2D eigenvalue weighted by Crippen LogP contribution is -2.57. The highest BCUT2D eigenvalue weighted by Gasteiger charge is 2.56. The molecule has 1 amide bonds. The fraction of sp³-hybridized carbons (Fsp3) is 0.429. The molecule has 19 heavy (non-hydrogen) atoms. The number of rotatable bonds is 3. The van der Waals surface area contributed by atoms with E-state index in [1.165, 1.54) is 17.0 Å². The van der Waals surface area contributed by atoms with Gasteiger partial charge in [-0.15, -0.1) is 0 Å². The number of carbonyl (C=O) groups excluding carboxylic acids is 1. The van der Waals surface area contributed by atoms with Gasteiger partial charge in [-0.1, -0.05) is 12.1 Å². The van der Waals surface area contributed by atoms with Crippen LogP contribution in [0.15, 0.2) is 24.3 Å². The molecule has 1 saturated heterocycles. The van der Waals surface area contributed by atoms with Gasteiger partial charge < -0.3 is 10.0 Å². The SMILES string of the molecule is O=C(O)C1CCN1C(=O)C1(c2ccc(F)cc2)CC1. The average Bonchev–Trinajstić information content (AvgIpc) is 3.08. The van der Waals surface area contributed by atoms with E-state index in [4.69, 9.17) is 5.11 Å². The van der Waals surface area contributed by atoms with E-state index >= 15 is 0 Å². The largest absolute Gasteiger partial charge is 0.480 e. The minimum Gasteiger partial charge on any atom is -0.480 e. The molecule has 5 heteroatoms. The second kappa shape index (κ2) is 4.05. The van der Waals surface area contributed by atoms with Gasteiger partial charge >= 0.3 is 5.97 Å². The van der Waals surface area contributed by atoms with Gasteiger partial charge in [0.25, 0.3) is 0 Å². The fourth-order valence-electron chi connectivity index (χ4n) is 2.68. The van der Waals surface area contributed by atoms with Crippen LogP contribution in [0.5, 0.6) is 0 Å². The Kier molecular flexibility index (Phi) is 2.59. The number of carboxylic acids is 1. The van der Waals surface area contributed by atoms with Crippen molar-refractivity contribution in [1.29, 1.82) is 0 Å². The molecule has 100 valence electrons. The van der Waals surface area contributed by atoms with E-state index in [-0.39, 0.29) is 11.7 Å². The summed E-state index contributed by atoms with van der Waals surface area (Å²) < 4.78 is 12.9. The normalized spacial score (nSPS) is 23.6. The highest BCUT2D eigenvalue weighted by molar-refractivity contribution is 5.95. The van der Waals surface area contributed by atoms with E-state index in [9.17, 15) is 14.0 Å². The number of aliphatic carboxylic acids is 1. The van der Waals surface area contributed by atoms with Gasteiger partial charge in [0.2, 0.25) is 5.91 Å². The second-order valence-electron chi connectivity index (χ2n) is 5.23. The van der Waals surface area contributed by atoms with Crippen LogP contribution >= 0.6 is 0 Å². The van der Waals surface area contributed by atoms with E-state index in [1.54, 1.807) is 12.1 Å². The Labute approximate surface area is 109 Å². The van der Waals surface area contributed by atoms with Crippen LogP contribution in [-0.4, -0.2) is 34.5 Å². The van der Waals surface area contributed by atoms with Crippen molar-refractivity contribution in [3.63, 3.8) is 0 Å². The summed E-state index contributed by atoms with van der Waals surface area (Å²) >= 11 is 0. The maximum Gasteiger partial charge on any atom is 0.326 e. The van der Waals surface area contributed by atoms with Gasteiger partial charge in [-0.25, -0.2) is 9.18 Å². The number of halogens is 1. The summed E-state index contributed by atoms with van der Waals surface area (Å²) in [6.45, 7) is 0.499. The third-order valence-corrected chi connectivity index (χ3v) is 4.12. The smallest absolute Gasteiger partial charge is 0.326 e. The van der Waals surface area contributed by atoms with Gasteiger partial charge in [0.15, 0.2) is 0 Å². The summed E-state index contributed by atoms with van der Waals surface area (Å²) in [6.07, 6.45) is 1.93. The van der Waals surface area contributed by atoms with Crippen molar-refractivity contribution in [3.8, 4) is 0 Å². The lowest BCUT2D eigenvalue weighted by atomic mass is 9.91. The first-order valence-electron chi connectivity index (χ1n) is 6.34. The molecule has 1 N–H and O–H groups in total. The maximum absolute atomic E-state index is 12.9. The van der Waals surface area contributed by atoms with Gasteiger partial charge in [-0.3, -0.25) is 4.79 Å². The highest BCUT2D eigenvalue weighted by atomic mass is 19.1. The quantitative estimate of drug-likeness (QED) is 0.900. The Morgan fingerprint density at radius 1 is 1.26 bits per heavy atom. The van der Waals surface area contributed by atoms with Crippen molar-refractivity contribution < 1.29 is 19.1 Å². The molecule has 0 bridgehead atoms. The molecule has 2 aliphatic rings. The van der Waals surface area contributed by atoms with Crippen LogP contribution in [0.1, 0.15) is 24.8 Å². The van der Waals surface area contributed by atoms with Crippen molar-refractivity contribution in [2.75, 3.05) is 6.54 Å². The Hall–Kier alpha value is -1.91. The third-order valence-electron chi connectivity index (χ3n) is 4.12. The first kappa shape index (κ1) is 12.1. The van der Waals surface area contributed by atoms with Crippen molar-refractivity contribution in [2.45, 2.75) is 30.7 Å². The first-order chi connectivity index (χ1) is 9.04. The molecule has 0 aromatic heterocycles. The fourth-order valence-corrected chi connectivity index (χ4v) is 2.68. The number of nitrogens with zero attached hydrogens (tertiary/aromatic N) is 1. The van der Waals surface area contributed by atoms with Crippen LogP contribution in [0.4, 0.5) is 4.39 Å². The molecular weight excluding hydrogens is 249 g/mol. The minimum atomic E-state index is -0.950.